The number of nitrogens with zero attached hydrogens (tertiary/aromatic N) is 2. The number of nitrogens with two attached hydrogens (primary N) is 1. The minimum Gasteiger partial charge on any atom is -0.397 e. The summed E-state index contributed by atoms with van der Waals surface area (Å²) < 4.78 is 0. The van der Waals surface area contributed by atoms with Gasteiger partial charge < -0.3 is 10.6 Å². The highest BCUT2D eigenvalue weighted by Crippen LogP contribution is 2.31. The SMILES string of the molecule is CCC1C(=O)NC(=O)CN1c1ccc(N)c2ncccc12. The van der Waals surface area contributed by atoms with Crippen LogP contribution in [-0.4, -0.2) is 29.4 Å². The number of carbonyl (C=O) groups is 2. The lowest BCUT2D eigenvalue weighted by Gasteiger charge is -2.35. The maximum Gasteiger partial charge on any atom is 0.249 e. The van der Waals surface area contributed by atoms with E-state index in [1.165, 1.54) is 0 Å². The number of carbonyl (C=O) groups excluding carboxylic acids is 2. The zero-order valence-corrected chi connectivity index (χ0v) is 11.7. The van der Waals surface area contributed by atoms with Crippen LogP contribution in [0, 0.1) is 0 Å². The molecule has 21 heavy (non-hydrogen) atoms. The zero-order chi connectivity index (χ0) is 15.0. The number of amides is 2. The average molecular weight is 284 g/mol. The second-order valence-electron chi connectivity index (χ2n) is 5.04. The Morgan fingerprint density at radius 3 is 2.95 bits per heavy atom. The van der Waals surface area contributed by atoms with Crippen molar-refractivity contribution >= 4 is 34.1 Å². The van der Waals surface area contributed by atoms with E-state index in [9.17, 15) is 9.59 Å². The van der Waals surface area contributed by atoms with Crippen molar-refractivity contribution in [3.8, 4) is 0 Å². The molecule has 0 bridgehead atoms. The number of imide groups is 1. The van der Waals surface area contributed by atoms with Gasteiger partial charge in [0.15, 0.2) is 0 Å². The molecule has 1 atom stereocenters. The summed E-state index contributed by atoms with van der Waals surface area (Å²) in [6.07, 6.45) is 2.29. The van der Waals surface area contributed by atoms with E-state index in [0.29, 0.717) is 17.6 Å². The average Bonchev–Trinajstić information content (AvgIpc) is 2.47. The summed E-state index contributed by atoms with van der Waals surface area (Å²) in [5, 5.41) is 3.23. The molecule has 1 unspecified atom stereocenters. The minimum atomic E-state index is -0.366. The van der Waals surface area contributed by atoms with Gasteiger partial charge in [0.1, 0.15) is 6.04 Å². The van der Waals surface area contributed by atoms with Crippen LogP contribution < -0.4 is 16.0 Å². The van der Waals surface area contributed by atoms with E-state index in [1.54, 1.807) is 12.3 Å². The van der Waals surface area contributed by atoms with Crippen LogP contribution in [0.3, 0.4) is 0 Å². The van der Waals surface area contributed by atoms with Crippen molar-refractivity contribution in [2.45, 2.75) is 19.4 Å². The first-order chi connectivity index (χ1) is 10.1. The Hall–Kier alpha value is -2.63. The Labute approximate surface area is 121 Å². The zero-order valence-electron chi connectivity index (χ0n) is 11.7. The van der Waals surface area contributed by atoms with Crippen molar-refractivity contribution < 1.29 is 9.59 Å². The molecule has 0 radical (unpaired) electrons. The van der Waals surface area contributed by atoms with Crippen molar-refractivity contribution in [2.75, 3.05) is 17.2 Å². The van der Waals surface area contributed by atoms with Crippen LogP contribution in [0.25, 0.3) is 10.9 Å². The summed E-state index contributed by atoms with van der Waals surface area (Å²) in [4.78, 5) is 29.8. The minimum absolute atomic E-state index is 0.151. The molecule has 1 aliphatic rings. The van der Waals surface area contributed by atoms with E-state index in [-0.39, 0.29) is 24.4 Å². The first kappa shape index (κ1) is 13.4. The summed E-state index contributed by atoms with van der Waals surface area (Å²) in [6, 6.07) is 6.95. The maximum atomic E-state index is 12.0. The molecule has 1 aliphatic heterocycles. The van der Waals surface area contributed by atoms with Crippen LogP contribution in [0.1, 0.15) is 13.3 Å². The Morgan fingerprint density at radius 1 is 1.38 bits per heavy atom. The maximum absolute atomic E-state index is 12.0. The van der Waals surface area contributed by atoms with Gasteiger partial charge in [-0.2, -0.15) is 0 Å². The second-order valence-corrected chi connectivity index (χ2v) is 5.04. The van der Waals surface area contributed by atoms with Crippen LogP contribution in [0.2, 0.25) is 0 Å². The van der Waals surface area contributed by atoms with Crippen LogP contribution >= 0.6 is 0 Å². The third-order valence-corrected chi connectivity index (χ3v) is 3.73. The molecule has 6 nitrogen and oxygen atoms in total. The quantitative estimate of drug-likeness (QED) is 0.636. The highest BCUT2D eigenvalue weighted by molar-refractivity contribution is 6.07. The smallest absolute Gasteiger partial charge is 0.249 e. The molecule has 2 heterocycles. The first-order valence-electron chi connectivity index (χ1n) is 6.85. The van der Waals surface area contributed by atoms with Crippen LogP contribution in [0.5, 0.6) is 0 Å². The van der Waals surface area contributed by atoms with Gasteiger partial charge >= 0.3 is 0 Å². The molecular weight excluding hydrogens is 268 g/mol. The largest absolute Gasteiger partial charge is 0.397 e. The molecule has 3 N–H and O–H groups in total. The third-order valence-electron chi connectivity index (χ3n) is 3.73. The Morgan fingerprint density at radius 2 is 2.19 bits per heavy atom. The van der Waals surface area contributed by atoms with Gasteiger partial charge in [0.05, 0.1) is 17.7 Å². The lowest BCUT2D eigenvalue weighted by molar-refractivity contribution is -0.132. The number of fused-ring (bicyclic) bond motifs is 1. The summed E-state index contributed by atoms with van der Waals surface area (Å²) in [6.45, 7) is 2.07. The Balaban J connectivity index is 2.16. The standard InChI is InChI=1S/C15H16N4O2/c1-2-11-15(21)18-13(20)8-19(11)12-6-5-10(16)14-9(12)4-3-7-17-14/h3-7,11H,2,8,16H2,1H3,(H,18,20,21). The van der Waals surface area contributed by atoms with E-state index in [1.807, 2.05) is 30.0 Å². The number of piperazine rings is 1. The van der Waals surface area contributed by atoms with Crippen molar-refractivity contribution in [3.05, 3.63) is 30.5 Å². The summed E-state index contributed by atoms with van der Waals surface area (Å²) in [5.41, 5.74) is 8.02. The van der Waals surface area contributed by atoms with Gasteiger partial charge in [-0.3, -0.25) is 19.9 Å². The first-order valence-corrected chi connectivity index (χ1v) is 6.85. The summed E-state index contributed by atoms with van der Waals surface area (Å²) in [7, 11) is 0. The van der Waals surface area contributed by atoms with E-state index in [0.717, 1.165) is 11.1 Å². The Kier molecular flexibility index (Phi) is 3.21. The van der Waals surface area contributed by atoms with Gasteiger partial charge in [-0.05, 0) is 30.7 Å². The lowest BCUT2D eigenvalue weighted by Crippen LogP contribution is -2.58. The number of benzene rings is 1. The monoisotopic (exact) mass is 284 g/mol. The molecule has 1 saturated heterocycles. The topological polar surface area (TPSA) is 88.3 Å². The number of aromatic nitrogens is 1. The van der Waals surface area contributed by atoms with Gasteiger partial charge in [-0.15, -0.1) is 0 Å². The van der Waals surface area contributed by atoms with E-state index in [4.69, 9.17) is 5.73 Å². The summed E-state index contributed by atoms with van der Waals surface area (Å²) in [5.74, 6) is -0.554. The van der Waals surface area contributed by atoms with E-state index >= 15 is 0 Å². The predicted octanol–water partition coefficient (Wildman–Crippen LogP) is 1.06. The van der Waals surface area contributed by atoms with Gasteiger partial charge in [-0.1, -0.05) is 6.92 Å². The highest BCUT2D eigenvalue weighted by atomic mass is 16.2. The molecule has 2 aromatic rings. The van der Waals surface area contributed by atoms with Crippen LogP contribution in [-0.2, 0) is 9.59 Å². The number of anilines is 2. The number of nitrogens with one attached hydrogen (secondary N) is 1. The van der Waals surface area contributed by atoms with E-state index in [2.05, 4.69) is 10.3 Å². The fourth-order valence-electron chi connectivity index (χ4n) is 2.76. The number of nitrogen functional groups attached to an aromatic ring is 1. The molecule has 1 aromatic carbocycles. The van der Waals surface area contributed by atoms with Gasteiger partial charge in [0, 0.05) is 17.3 Å². The molecule has 1 fully saturated rings. The molecule has 3 rings (SSSR count). The van der Waals surface area contributed by atoms with Gasteiger partial charge in [0.25, 0.3) is 0 Å². The molecule has 2 amide bonds. The highest BCUT2D eigenvalue weighted by Gasteiger charge is 2.33. The number of rotatable bonds is 2. The van der Waals surface area contributed by atoms with Crippen molar-refractivity contribution in [2.24, 2.45) is 0 Å². The molecule has 0 spiro atoms. The fourth-order valence-corrected chi connectivity index (χ4v) is 2.76. The molecule has 108 valence electrons. The van der Waals surface area contributed by atoms with Gasteiger partial charge in [-0.25, -0.2) is 0 Å². The molecule has 1 aromatic heterocycles. The van der Waals surface area contributed by atoms with E-state index < -0.39 is 0 Å². The summed E-state index contributed by atoms with van der Waals surface area (Å²) >= 11 is 0. The van der Waals surface area contributed by atoms with Crippen LogP contribution in [0.4, 0.5) is 11.4 Å². The number of hydrogen-bond donors (Lipinski definition) is 2. The second kappa shape index (κ2) is 5.05. The predicted molar refractivity (Wildman–Crippen MR) is 80.7 cm³/mol. The molecular formula is C15H16N4O2. The Bertz CT molecular complexity index is 729. The fraction of sp³-hybridized carbons (Fsp3) is 0.267. The van der Waals surface area contributed by atoms with Crippen LogP contribution in [0.15, 0.2) is 30.5 Å². The molecule has 0 saturated carbocycles. The number of pyridine rings is 1. The van der Waals surface area contributed by atoms with Gasteiger partial charge in [0.2, 0.25) is 11.8 Å². The third kappa shape index (κ3) is 2.18. The number of hydrogen-bond acceptors (Lipinski definition) is 5. The van der Waals surface area contributed by atoms with Crippen molar-refractivity contribution in [1.82, 2.24) is 10.3 Å². The lowest BCUT2D eigenvalue weighted by atomic mass is 10.0. The molecule has 0 aliphatic carbocycles. The van der Waals surface area contributed by atoms with Crippen molar-refractivity contribution in [1.29, 1.82) is 0 Å². The molecule has 6 heteroatoms. The van der Waals surface area contributed by atoms with Crippen molar-refractivity contribution in [3.63, 3.8) is 0 Å². The normalized spacial score (nSPS) is 18.9.